The van der Waals surface area contributed by atoms with Crippen molar-refractivity contribution >= 4 is 16.8 Å². The van der Waals surface area contributed by atoms with Crippen LogP contribution in [-0.2, 0) is 17.8 Å². The minimum absolute atomic E-state index is 0.153. The first-order chi connectivity index (χ1) is 10.2. The van der Waals surface area contributed by atoms with E-state index in [0.29, 0.717) is 12.1 Å². The van der Waals surface area contributed by atoms with Gasteiger partial charge in [0.05, 0.1) is 11.1 Å². The van der Waals surface area contributed by atoms with Gasteiger partial charge in [-0.25, -0.2) is 0 Å². The highest BCUT2D eigenvalue weighted by molar-refractivity contribution is 5.90. The van der Waals surface area contributed by atoms with E-state index in [1.165, 1.54) is 5.56 Å². The summed E-state index contributed by atoms with van der Waals surface area (Å²) in [5.41, 5.74) is 2.86. The first kappa shape index (κ1) is 13.7. The van der Waals surface area contributed by atoms with Crippen LogP contribution in [0.5, 0.6) is 0 Å². The molecule has 4 heteroatoms. The standard InChI is InChI=1S/C17H19N3O/c1-2-13-6-5-7-15-14(10-18)11-20(17(13)15)12-16(21)19-8-3-4-9-19/h5-7,11H,2-4,8-9,12H2,1H3. The summed E-state index contributed by atoms with van der Waals surface area (Å²) in [5, 5.41) is 10.2. The Morgan fingerprint density at radius 3 is 2.76 bits per heavy atom. The number of para-hydroxylation sites is 1. The first-order valence-electron chi connectivity index (χ1n) is 7.53. The summed E-state index contributed by atoms with van der Waals surface area (Å²) in [6.07, 6.45) is 4.91. The van der Waals surface area contributed by atoms with Crippen molar-refractivity contribution in [1.29, 1.82) is 5.26 Å². The van der Waals surface area contributed by atoms with Gasteiger partial charge in [-0.15, -0.1) is 0 Å². The Kier molecular flexibility index (Phi) is 3.66. The lowest BCUT2D eigenvalue weighted by molar-refractivity contribution is -0.130. The summed E-state index contributed by atoms with van der Waals surface area (Å²) in [6.45, 7) is 4.16. The van der Waals surface area contributed by atoms with Gasteiger partial charge in [0.2, 0.25) is 5.91 Å². The summed E-state index contributed by atoms with van der Waals surface area (Å²) >= 11 is 0. The molecule has 0 bridgehead atoms. The van der Waals surface area contributed by atoms with Crippen molar-refractivity contribution in [3.8, 4) is 6.07 Å². The van der Waals surface area contributed by atoms with E-state index in [0.717, 1.165) is 43.3 Å². The SMILES string of the molecule is CCc1cccc2c(C#N)cn(CC(=O)N3CCCC3)c12. The van der Waals surface area contributed by atoms with Crippen molar-refractivity contribution in [3.63, 3.8) is 0 Å². The predicted octanol–water partition coefficient (Wildman–Crippen LogP) is 2.70. The van der Waals surface area contributed by atoms with Crippen LogP contribution in [0, 0.1) is 11.3 Å². The van der Waals surface area contributed by atoms with Crippen LogP contribution in [-0.4, -0.2) is 28.5 Å². The van der Waals surface area contributed by atoms with E-state index in [9.17, 15) is 10.1 Å². The third-order valence-electron chi connectivity index (χ3n) is 4.25. The molecule has 3 rings (SSSR count). The van der Waals surface area contributed by atoms with E-state index in [2.05, 4.69) is 19.1 Å². The summed E-state index contributed by atoms with van der Waals surface area (Å²) < 4.78 is 1.95. The van der Waals surface area contributed by atoms with Gasteiger partial charge in [0.25, 0.3) is 0 Å². The molecule has 0 spiro atoms. The second kappa shape index (κ2) is 5.61. The van der Waals surface area contributed by atoms with Crippen LogP contribution in [0.25, 0.3) is 10.9 Å². The molecule has 0 unspecified atom stereocenters. The second-order valence-corrected chi connectivity index (χ2v) is 5.54. The second-order valence-electron chi connectivity index (χ2n) is 5.54. The summed E-state index contributed by atoms with van der Waals surface area (Å²) in [7, 11) is 0. The average Bonchev–Trinajstić information content (AvgIpc) is 3.15. The van der Waals surface area contributed by atoms with Gasteiger partial charge in [0, 0.05) is 24.7 Å². The molecule has 0 aliphatic carbocycles. The number of likely N-dealkylation sites (tertiary alicyclic amines) is 1. The topological polar surface area (TPSA) is 49.0 Å². The molecular formula is C17H19N3O. The maximum Gasteiger partial charge on any atom is 0.242 e. The fraction of sp³-hybridized carbons (Fsp3) is 0.412. The number of hydrogen-bond acceptors (Lipinski definition) is 2. The number of amides is 1. The molecule has 1 aromatic heterocycles. The minimum atomic E-state index is 0.153. The largest absolute Gasteiger partial charge is 0.341 e. The van der Waals surface area contributed by atoms with Crippen LogP contribution in [0.1, 0.15) is 30.9 Å². The number of benzene rings is 1. The molecule has 21 heavy (non-hydrogen) atoms. The lowest BCUT2D eigenvalue weighted by atomic mass is 10.1. The Morgan fingerprint density at radius 2 is 2.10 bits per heavy atom. The number of rotatable bonds is 3. The first-order valence-corrected chi connectivity index (χ1v) is 7.53. The molecule has 1 aliphatic rings. The van der Waals surface area contributed by atoms with Gasteiger partial charge in [-0.2, -0.15) is 5.26 Å². The van der Waals surface area contributed by atoms with E-state index in [1.807, 2.05) is 27.8 Å². The van der Waals surface area contributed by atoms with Crippen LogP contribution in [0.15, 0.2) is 24.4 Å². The maximum absolute atomic E-state index is 12.4. The molecule has 0 radical (unpaired) electrons. The van der Waals surface area contributed by atoms with E-state index in [4.69, 9.17) is 0 Å². The zero-order valence-corrected chi connectivity index (χ0v) is 12.3. The van der Waals surface area contributed by atoms with E-state index in [-0.39, 0.29) is 5.91 Å². The third kappa shape index (κ3) is 2.40. The van der Waals surface area contributed by atoms with Gasteiger partial charge >= 0.3 is 0 Å². The Balaban J connectivity index is 2.01. The fourth-order valence-corrected chi connectivity index (χ4v) is 3.15. The molecule has 1 aromatic carbocycles. The fourth-order valence-electron chi connectivity index (χ4n) is 3.15. The number of nitriles is 1. The van der Waals surface area contributed by atoms with Crippen molar-refractivity contribution in [2.75, 3.05) is 13.1 Å². The van der Waals surface area contributed by atoms with Crippen molar-refractivity contribution in [3.05, 3.63) is 35.5 Å². The van der Waals surface area contributed by atoms with E-state index >= 15 is 0 Å². The van der Waals surface area contributed by atoms with Crippen LogP contribution >= 0.6 is 0 Å². The molecule has 2 aromatic rings. The zero-order chi connectivity index (χ0) is 14.8. The van der Waals surface area contributed by atoms with Gasteiger partial charge in [-0.05, 0) is 24.8 Å². The Bertz CT molecular complexity index is 717. The van der Waals surface area contributed by atoms with Gasteiger partial charge in [-0.1, -0.05) is 25.1 Å². The monoisotopic (exact) mass is 281 g/mol. The molecule has 2 heterocycles. The molecule has 0 atom stereocenters. The van der Waals surface area contributed by atoms with Crippen LogP contribution in [0.3, 0.4) is 0 Å². The summed E-state index contributed by atoms with van der Waals surface area (Å²) in [6, 6.07) is 8.25. The molecule has 1 amide bonds. The molecule has 108 valence electrons. The molecule has 0 N–H and O–H groups in total. The lowest BCUT2D eigenvalue weighted by Crippen LogP contribution is -2.30. The predicted molar refractivity (Wildman–Crippen MR) is 81.8 cm³/mol. The third-order valence-corrected chi connectivity index (χ3v) is 4.25. The van der Waals surface area contributed by atoms with Crippen molar-refractivity contribution < 1.29 is 4.79 Å². The average molecular weight is 281 g/mol. The van der Waals surface area contributed by atoms with Gasteiger partial charge in [0.15, 0.2) is 0 Å². The highest BCUT2D eigenvalue weighted by Gasteiger charge is 2.20. The van der Waals surface area contributed by atoms with E-state index < -0.39 is 0 Å². The van der Waals surface area contributed by atoms with Crippen molar-refractivity contribution in [2.45, 2.75) is 32.7 Å². The van der Waals surface area contributed by atoms with Gasteiger partial charge in [-0.3, -0.25) is 4.79 Å². The molecule has 1 fully saturated rings. The minimum Gasteiger partial charge on any atom is -0.341 e. The number of carbonyl (C=O) groups excluding carboxylic acids is 1. The van der Waals surface area contributed by atoms with E-state index in [1.54, 1.807) is 0 Å². The zero-order valence-electron chi connectivity index (χ0n) is 12.3. The van der Waals surface area contributed by atoms with Gasteiger partial charge in [0.1, 0.15) is 12.6 Å². The molecule has 1 aliphatic heterocycles. The molecular weight excluding hydrogens is 262 g/mol. The summed E-state index contributed by atoms with van der Waals surface area (Å²) in [4.78, 5) is 14.3. The molecule has 4 nitrogen and oxygen atoms in total. The van der Waals surface area contributed by atoms with Crippen molar-refractivity contribution in [1.82, 2.24) is 9.47 Å². The number of aryl methyl sites for hydroxylation is 1. The van der Waals surface area contributed by atoms with Gasteiger partial charge < -0.3 is 9.47 Å². The number of hydrogen-bond donors (Lipinski definition) is 0. The number of aromatic nitrogens is 1. The molecule has 1 saturated heterocycles. The quantitative estimate of drug-likeness (QED) is 0.868. The summed E-state index contributed by atoms with van der Waals surface area (Å²) in [5.74, 6) is 0.153. The van der Waals surface area contributed by atoms with Crippen LogP contribution in [0.2, 0.25) is 0 Å². The maximum atomic E-state index is 12.4. The number of nitrogens with zero attached hydrogens (tertiary/aromatic N) is 3. The highest BCUT2D eigenvalue weighted by atomic mass is 16.2. The van der Waals surface area contributed by atoms with Crippen LogP contribution in [0.4, 0.5) is 0 Å². The smallest absolute Gasteiger partial charge is 0.242 e. The Morgan fingerprint density at radius 1 is 1.33 bits per heavy atom. The Labute approximate surface area is 124 Å². The Hall–Kier alpha value is -2.28. The number of carbonyl (C=O) groups is 1. The lowest BCUT2D eigenvalue weighted by Gasteiger charge is -2.16. The van der Waals surface area contributed by atoms with Crippen LogP contribution < -0.4 is 0 Å². The van der Waals surface area contributed by atoms with Crippen molar-refractivity contribution in [2.24, 2.45) is 0 Å². The normalized spacial score (nSPS) is 14.6. The highest BCUT2D eigenvalue weighted by Crippen LogP contribution is 2.25. The molecule has 0 saturated carbocycles. The number of fused-ring (bicyclic) bond motifs is 1.